The Morgan fingerprint density at radius 1 is 0.902 bits per heavy atom. The lowest BCUT2D eigenvalue weighted by Crippen LogP contribution is -2.51. The fraction of sp³-hybridized carbons (Fsp3) is 0.344. The van der Waals surface area contributed by atoms with Gasteiger partial charge in [-0.25, -0.2) is 0 Å². The molecule has 1 heterocycles. The van der Waals surface area contributed by atoms with E-state index < -0.39 is 48.1 Å². The van der Waals surface area contributed by atoms with Gasteiger partial charge in [0.2, 0.25) is 5.60 Å². The van der Waals surface area contributed by atoms with E-state index in [1.54, 1.807) is 84.9 Å². The molecule has 0 bridgehead atoms. The summed E-state index contributed by atoms with van der Waals surface area (Å²) >= 11 is 0. The van der Waals surface area contributed by atoms with Crippen molar-refractivity contribution in [3.05, 3.63) is 102 Å². The summed E-state index contributed by atoms with van der Waals surface area (Å²) in [6.07, 6.45) is -3.23. The molecule has 9 heteroatoms. The van der Waals surface area contributed by atoms with Gasteiger partial charge in [-0.1, -0.05) is 86.6 Å². The van der Waals surface area contributed by atoms with E-state index in [1.807, 2.05) is 0 Å². The van der Waals surface area contributed by atoms with Gasteiger partial charge in [0.25, 0.3) is 0 Å². The van der Waals surface area contributed by atoms with Crippen molar-refractivity contribution in [3.8, 4) is 5.75 Å². The first-order chi connectivity index (χ1) is 19.7. The zero-order valence-electron chi connectivity index (χ0n) is 23.2. The number of hydrogen-bond donors (Lipinski definition) is 1. The van der Waals surface area contributed by atoms with E-state index in [-0.39, 0.29) is 0 Å². The van der Waals surface area contributed by atoms with Crippen LogP contribution in [-0.2, 0) is 29.5 Å². The van der Waals surface area contributed by atoms with Gasteiger partial charge in [-0.3, -0.25) is 9.59 Å². The van der Waals surface area contributed by atoms with Gasteiger partial charge in [-0.15, -0.1) is 0 Å². The van der Waals surface area contributed by atoms with Gasteiger partial charge in [-0.05, 0) is 30.8 Å². The molecule has 0 radical (unpaired) electrons. The summed E-state index contributed by atoms with van der Waals surface area (Å²) in [4.78, 5) is 40.6. The van der Waals surface area contributed by atoms with E-state index in [1.165, 1.54) is 0 Å². The van der Waals surface area contributed by atoms with Crippen LogP contribution in [-0.4, -0.2) is 59.8 Å². The van der Waals surface area contributed by atoms with Crippen LogP contribution in [0.1, 0.15) is 49.5 Å². The number of esters is 2. The number of carboxylic acids is 1. The normalized spacial score (nSPS) is 23.1. The number of nitrogens with zero attached hydrogens (tertiary/aromatic N) is 1. The summed E-state index contributed by atoms with van der Waals surface area (Å²) in [5.41, 5.74) is -3.12. The lowest BCUT2D eigenvalue weighted by Gasteiger charge is -2.40. The molecule has 0 spiro atoms. The van der Waals surface area contributed by atoms with Crippen molar-refractivity contribution in [3.63, 3.8) is 0 Å². The molecule has 1 fully saturated rings. The monoisotopic (exact) mass is 560 g/mol. The SMILES string of the molecule is CCN(CC)CCOc1ccc(C2(c3ccccc3)OC(=O)CC(O)(C(=O)[O-])CC(=O)OC2c2ccccc2)cc1. The first-order valence-corrected chi connectivity index (χ1v) is 13.6. The summed E-state index contributed by atoms with van der Waals surface area (Å²) < 4.78 is 18.0. The average molecular weight is 561 g/mol. The number of cyclic esters (lactones) is 2. The fourth-order valence-corrected chi connectivity index (χ4v) is 5.04. The predicted octanol–water partition coefficient (Wildman–Crippen LogP) is 2.75. The molecule has 3 aromatic rings. The van der Waals surface area contributed by atoms with Crippen molar-refractivity contribution in [1.29, 1.82) is 0 Å². The van der Waals surface area contributed by atoms with Crippen molar-refractivity contribution in [2.24, 2.45) is 0 Å². The molecule has 1 saturated heterocycles. The van der Waals surface area contributed by atoms with Crippen LogP contribution >= 0.6 is 0 Å². The number of ether oxygens (including phenoxy) is 3. The number of likely N-dealkylation sites (N-methyl/N-ethyl adjacent to an activating group) is 1. The topological polar surface area (TPSA) is 125 Å². The molecule has 0 saturated carbocycles. The fourth-order valence-electron chi connectivity index (χ4n) is 5.04. The molecule has 1 aliphatic rings. The summed E-state index contributed by atoms with van der Waals surface area (Å²) in [6, 6.07) is 24.4. The number of rotatable bonds is 10. The van der Waals surface area contributed by atoms with E-state index in [0.29, 0.717) is 29.0 Å². The van der Waals surface area contributed by atoms with Crippen LogP contribution in [0.3, 0.4) is 0 Å². The highest BCUT2D eigenvalue weighted by Gasteiger charge is 2.52. The summed E-state index contributed by atoms with van der Waals surface area (Å²) in [6.45, 7) is 7.24. The average Bonchev–Trinajstić information content (AvgIpc) is 3.02. The number of carbonyl (C=O) groups excluding carboxylic acids is 3. The van der Waals surface area contributed by atoms with Crippen molar-refractivity contribution in [2.45, 2.75) is 44.0 Å². The maximum Gasteiger partial charge on any atom is 0.310 e. The molecule has 4 rings (SSSR count). The van der Waals surface area contributed by atoms with Gasteiger partial charge >= 0.3 is 11.9 Å². The number of carboxylic acid groups (broad SMARTS) is 1. The Kier molecular flexibility index (Phi) is 9.42. The van der Waals surface area contributed by atoms with E-state index in [2.05, 4.69) is 18.7 Å². The number of aliphatic carboxylic acids is 1. The second kappa shape index (κ2) is 13.0. The van der Waals surface area contributed by atoms with Crippen molar-refractivity contribution >= 4 is 17.9 Å². The Hall–Kier alpha value is -4.21. The quantitative estimate of drug-likeness (QED) is 0.373. The highest BCUT2D eigenvalue weighted by atomic mass is 16.6. The third-order valence-corrected chi connectivity index (χ3v) is 7.31. The minimum absolute atomic E-state index is 0.452. The Morgan fingerprint density at radius 2 is 1.46 bits per heavy atom. The zero-order chi connectivity index (χ0) is 29.5. The lowest BCUT2D eigenvalue weighted by atomic mass is 9.78. The van der Waals surface area contributed by atoms with Crippen molar-refractivity contribution in [1.82, 2.24) is 4.90 Å². The van der Waals surface area contributed by atoms with Crippen molar-refractivity contribution < 1.29 is 38.8 Å². The molecule has 0 amide bonds. The van der Waals surface area contributed by atoms with Gasteiger partial charge in [-0.2, -0.15) is 0 Å². The van der Waals surface area contributed by atoms with Crippen LogP contribution in [0, 0.1) is 0 Å². The van der Waals surface area contributed by atoms with E-state index in [9.17, 15) is 24.6 Å². The third kappa shape index (κ3) is 6.58. The molecule has 3 unspecified atom stereocenters. The standard InChI is InChI=1S/C32H35NO8/c1-3-33(4-2)19-20-39-26-17-15-25(16-18-26)32(24-13-9-6-10-14-24)29(23-11-7-5-8-12-23)40-27(34)21-31(38,30(36)37)22-28(35)41-32/h5-18,29,38H,3-4,19-22H2,1-2H3,(H,36,37)/p-1. The molecule has 0 aromatic heterocycles. The molecule has 9 nitrogen and oxygen atoms in total. The molecule has 0 aliphatic carbocycles. The minimum Gasteiger partial charge on any atom is -0.547 e. The maximum atomic E-state index is 13.4. The second-order valence-electron chi connectivity index (χ2n) is 9.93. The Bertz CT molecular complexity index is 1330. The maximum absolute atomic E-state index is 13.4. The van der Waals surface area contributed by atoms with Crippen molar-refractivity contribution in [2.75, 3.05) is 26.2 Å². The highest BCUT2D eigenvalue weighted by Crippen LogP contribution is 2.48. The smallest absolute Gasteiger partial charge is 0.310 e. The minimum atomic E-state index is -2.80. The molecular formula is C32H34NO8-. The van der Waals surface area contributed by atoms with Gasteiger partial charge in [0.1, 0.15) is 18.0 Å². The molecular weight excluding hydrogens is 526 g/mol. The zero-order valence-corrected chi connectivity index (χ0v) is 23.2. The Morgan fingerprint density at radius 3 is 2.05 bits per heavy atom. The van der Waals surface area contributed by atoms with Crippen LogP contribution in [0.4, 0.5) is 0 Å². The summed E-state index contributed by atoms with van der Waals surface area (Å²) in [7, 11) is 0. The lowest BCUT2D eigenvalue weighted by molar-refractivity contribution is -0.325. The number of benzene rings is 3. The van der Waals surface area contributed by atoms with E-state index in [4.69, 9.17) is 14.2 Å². The molecule has 3 atom stereocenters. The van der Waals surface area contributed by atoms with Gasteiger partial charge in [0.15, 0.2) is 6.10 Å². The molecule has 41 heavy (non-hydrogen) atoms. The number of aliphatic hydroxyl groups is 1. The number of hydrogen-bond acceptors (Lipinski definition) is 9. The number of carbonyl (C=O) groups is 3. The highest BCUT2D eigenvalue weighted by molar-refractivity contribution is 5.88. The van der Waals surface area contributed by atoms with E-state index in [0.717, 1.165) is 19.6 Å². The van der Waals surface area contributed by atoms with Crippen LogP contribution in [0.25, 0.3) is 0 Å². The third-order valence-electron chi connectivity index (χ3n) is 7.31. The Balaban J connectivity index is 1.85. The molecule has 1 aliphatic heterocycles. The van der Waals surface area contributed by atoms with Gasteiger partial charge in [0.05, 0.1) is 18.8 Å². The second-order valence-corrected chi connectivity index (χ2v) is 9.93. The summed E-state index contributed by atoms with van der Waals surface area (Å²) in [5.74, 6) is -3.45. The van der Waals surface area contributed by atoms with Crippen LogP contribution in [0.2, 0.25) is 0 Å². The Labute approximate surface area is 239 Å². The first kappa shape index (κ1) is 29.8. The van der Waals surface area contributed by atoms with Gasteiger partial charge in [0, 0.05) is 17.7 Å². The van der Waals surface area contributed by atoms with Crippen LogP contribution in [0.15, 0.2) is 84.9 Å². The largest absolute Gasteiger partial charge is 0.547 e. The molecule has 1 N–H and O–H groups in total. The molecule has 3 aromatic carbocycles. The first-order valence-electron chi connectivity index (χ1n) is 13.6. The molecule has 216 valence electrons. The predicted molar refractivity (Wildman–Crippen MR) is 148 cm³/mol. The van der Waals surface area contributed by atoms with Gasteiger partial charge < -0.3 is 34.1 Å². The summed E-state index contributed by atoms with van der Waals surface area (Å²) in [5, 5.41) is 22.5. The van der Waals surface area contributed by atoms with Crippen LogP contribution in [0.5, 0.6) is 5.75 Å². The van der Waals surface area contributed by atoms with Crippen LogP contribution < -0.4 is 9.84 Å². The van der Waals surface area contributed by atoms with E-state index >= 15 is 0 Å².